The number of benzene rings is 4. The van der Waals surface area contributed by atoms with Crippen LogP contribution in [0.15, 0.2) is 121 Å². The van der Waals surface area contributed by atoms with Gasteiger partial charge in [0.1, 0.15) is 0 Å². The summed E-state index contributed by atoms with van der Waals surface area (Å²) in [6.07, 6.45) is 3.99. The fourth-order valence-corrected chi connectivity index (χ4v) is 9.16. The second-order valence-corrected chi connectivity index (χ2v) is 13.4. The van der Waals surface area contributed by atoms with Gasteiger partial charge in [0, 0.05) is 17.4 Å². The maximum absolute atomic E-state index is 15.2. The molecule has 8 nitrogen and oxygen atoms in total. The first kappa shape index (κ1) is 31.5. The van der Waals surface area contributed by atoms with E-state index in [0.717, 1.165) is 5.57 Å². The molecule has 0 radical (unpaired) electrons. The van der Waals surface area contributed by atoms with E-state index in [0.29, 0.717) is 34.4 Å². The summed E-state index contributed by atoms with van der Waals surface area (Å²) in [4.78, 5) is 60.0. The molecule has 2 fully saturated rings. The van der Waals surface area contributed by atoms with Crippen molar-refractivity contribution < 1.29 is 33.8 Å². The first-order valence-electron chi connectivity index (χ1n) is 16.8. The predicted octanol–water partition coefficient (Wildman–Crippen LogP) is 6.44. The summed E-state index contributed by atoms with van der Waals surface area (Å²) in [5, 5.41) is 11.0. The normalized spacial score (nSPS) is 27.2. The molecule has 50 heavy (non-hydrogen) atoms. The fraction of sp³-hybridized carbons (Fsp3) is 0.238. The molecule has 0 bridgehead atoms. The zero-order valence-electron chi connectivity index (χ0n) is 27.6. The Morgan fingerprint density at radius 1 is 0.760 bits per heavy atom. The largest absolute Gasteiger partial charge is 0.502 e. The number of fused-ring (bicyclic) bond motifs is 4. The highest BCUT2D eigenvalue weighted by molar-refractivity contribution is 6.32. The van der Waals surface area contributed by atoms with Crippen molar-refractivity contribution in [2.24, 2.45) is 23.7 Å². The molecular formula is C42H35NO7. The van der Waals surface area contributed by atoms with Crippen LogP contribution in [0.25, 0.3) is 5.57 Å². The van der Waals surface area contributed by atoms with Crippen LogP contribution in [0.5, 0.6) is 17.2 Å². The van der Waals surface area contributed by atoms with E-state index in [-0.39, 0.29) is 47.1 Å². The molecule has 1 aliphatic heterocycles. The summed E-state index contributed by atoms with van der Waals surface area (Å²) in [5.74, 6) is -4.41. The molecule has 0 aromatic heterocycles. The monoisotopic (exact) mass is 665 g/mol. The zero-order valence-corrected chi connectivity index (χ0v) is 27.6. The molecular weight excluding hydrogens is 630 g/mol. The van der Waals surface area contributed by atoms with E-state index in [1.54, 1.807) is 36.4 Å². The van der Waals surface area contributed by atoms with Crippen LogP contribution in [-0.4, -0.2) is 42.7 Å². The number of imide groups is 1. The lowest BCUT2D eigenvalue weighted by atomic mass is 9.44. The molecule has 1 heterocycles. The number of allylic oxidation sites excluding steroid dienone is 4. The van der Waals surface area contributed by atoms with Crippen molar-refractivity contribution in [1.29, 1.82) is 0 Å². The van der Waals surface area contributed by atoms with Gasteiger partial charge in [-0.1, -0.05) is 90.5 Å². The van der Waals surface area contributed by atoms with Crippen LogP contribution in [0.2, 0.25) is 0 Å². The van der Waals surface area contributed by atoms with Crippen molar-refractivity contribution in [3.63, 3.8) is 0 Å². The van der Waals surface area contributed by atoms with Gasteiger partial charge in [0.2, 0.25) is 17.6 Å². The minimum absolute atomic E-state index is 0.146. The molecule has 1 N–H and O–H groups in total. The van der Waals surface area contributed by atoms with Gasteiger partial charge >= 0.3 is 0 Å². The third-order valence-electron chi connectivity index (χ3n) is 11.2. The van der Waals surface area contributed by atoms with Gasteiger partial charge in [0.05, 0.1) is 37.2 Å². The molecule has 2 amide bonds. The number of rotatable bonds is 6. The first-order valence-corrected chi connectivity index (χ1v) is 16.8. The number of phenolic OH excluding ortho intramolecular Hbond substituents is 1. The third kappa shape index (κ3) is 4.44. The summed E-state index contributed by atoms with van der Waals surface area (Å²) in [5.41, 5.74) is 2.14. The van der Waals surface area contributed by atoms with Crippen LogP contribution >= 0.6 is 0 Å². The molecule has 1 saturated heterocycles. The van der Waals surface area contributed by atoms with Crippen molar-refractivity contribution in [2.45, 2.75) is 24.2 Å². The summed E-state index contributed by atoms with van der Waals surface area (Å²) >= 11 is 0. The second kappa shape index (κ2) is 12.0. The summed E-state index contributed by atoms with van der Waals surface area (Å²) in [6, 6.07) is 30.8. The molecule has 0 unspecified atom stereocenters. The second-order valence-electron chi connectivity index (χ2n) is 13.4. The van der Waals surface area contributed by atoms with E-state index in [9.17, 15) is 14.7 Å². The first-order chi connectivity index (χ1) is 24.3. The maximum Gasteiger partial charge on any atom is 0.238 e. The van der Waals surface area contributed by atoms with Crippen LogP contribution in [0.1, 0.15) is 35.4 Å². The number of para-hydroxylation sites is 1. The lowest BCUT2D eigenvalue weighted by molar-refractivity contribution is -0.135. The molecule has 4 aromatic carbocycles. The number of ketones is 2. The molecule has 8 rings (SSSR count). The number of ether oxygens (including phenoxy) is 2. The fourth-order valence-electron chi connectivity index (χ4n) is 9.16. The van der Waals surface area contributed by atoms with Crippen molar-refractivity contribution in [1.82, 2.24) is 0 Å². The highest BCUT2D eigenvalue weighted by Gasteiger charge is 2.66. The number of Topliss-reactive ketones (excluding diaryl/α,β-unsaturated/α-hetero) is 1. The Balaban J connectivity index is 1.40. The average Bonchev–Trinajstić information content (AvgIpc) is 3.42. The molecule has 0 spiro atoms. The number of aromatic hydroxyl groups is 1. The average molecular weight is 666 g/mol. The Kier molecular flexibility index (Phi) is 7.55. The van der Waals surface area contributed by atoms with Crippen LogP contribution in [0, 0.1) is 23.7 Å². The predicted molar refractivity (Wildman–Crippen MR) is 187 cm³/mol. The number of amides is 2. The van der Waals surface area contributed by atoms with Crippen LogP contribution in [0.3, 0.4) is 0 Å². The summed E-state index contributed by atoms with van der Waals surface area (Å²) in [6.45, 7) is 0. The Morgan fingerprint density at radius 2 is 1.36 bits per heavy atom. The highest BCUT2D eigenvalue weighted by atomic mass is 16.5. The van der Waals surface area contributed by atoms with Gasteiger partial charge in [0.25, 0.3) is 0 Å². The van der Waals surface area contributed by atoms with Crippen LogP contribution in [0.4, 0.5) is 5.69 Å². The van der Waals surface area contributed by atoms with Crippen molar-refractivity contribution in [3.8, 4) is 17.2 Å². The highest BCUT2D eigenvalue weighted by Crippen LogP contribution is 2.64. The van der Waals surface area contributed by atoms with E-state index in [1.807, 2.05) is 72.8 Å². The van der Waals surface area contributed by atoms with Gasteiger partial charge in [-0.25, -0.2) is 0 Å². The lowest BCUT2D eigenvalue weighted by Gasteiger charge is -2.55. The topological polar surface area (TPSA) is 110 Å². The van der Waals surface area contributed by atoms with Crippen LogP contribution < -0.4 is 14.4 Å². The number of hydrogen-bond donors (Lipinski definition) is 1. The van der Waals surface area contributed by atoms with E-state index in [4.69, 9.17) is 9.47 Å². The Labute approximate surface area is 289 Å². The number of carbonyl (C=O) groups excluding carboxylic acids is 4. The Bertz CT molecular complexity index is 2080. The van der Waals surface area contributed by atoms with E-state index in [2.05, 4.69) is 0 Å². The van der Waals surface area contributed by atoms with Gasteiger partial charge in [-0.05, 0) is 65.8 Å². The van der Waals surface area contributed by atoms with Gasteiger partial charge in [-0.2, -0.15) is 0 Å². The quantitative estimate of drug-likeness (QED) is 0.187. The molecule has 8 heteroatoms. The van der Waals surface area contributed by atoms with E-state index >= 15 is 9.59 Å². The number of carbonyl (C=O) groups is 4. The van der Waals surface area contributed by atoms with Crippen molar-refractivity contribution in [2.75, 3.05) is 19.1 Å². The Hall–Kier alpha value is -5.76. The van der Waals surface area contributed by atoms with Gasteiger partial charge in [0.15, 0.2) is 23.1 Å². The standard InChI is InChI=1S/C42H35NO7/c1-49-33-20-25(21-34(50-2)39(33)46)37-28-18-19-29-36(41(48)43(40(29)47)27-16-10-5-11-17-27)31(28)22-32-38(45)30(24-12-6-3-7-13-24)23-35(44)42(32,37)26-14-8-4-9-15-26/h3-18,20-21,23,29,31-32,36-37,46H,19,22H2,1-2H3/t29-,31+,32-,36-,37-,42-/m0/s1. The number of phenols is 1. The van der Waals surface area contributed by atoms with Crippen molar-refractivity contribution in [3.05, 3.63) is 138 Å². The zero-order chi connectivity index (χ0) is 34.7. The molecule has 6 atom stereocenters. The molecule has 4 aromatic rings. The molecule has 4 aliphatic rings. The molecule has 1 saturated carbocycles. The SMILES string of the molecule is COc1cc([C@H]2C3=CC[C@@H]4C(=O)N(c5ccccc5)C(=O)[C@@H]4[C@@H]3C[C@H]3C(=O)C(c4ccccc4)=CC(=O)[C@@]23c2ccccc2)cc(OC)c1O. The minimum Gasteiger partial charge on any atom is -0.502 e. The smallest absolute Gasteiger partial charge is 0.238 e. The third-order valence-corrected chi connectivity index (χ3v) is 11.2. The summed E-state index contributed by atoms with van der Waals surface area (Å²) in [7, 11) is 2.88. The van der Waals surface area contributed by atoms with Gasteiger partial charge in [-0.3, -0.25) is 24.1 Å². The number of methoxy groups -OCH3 is 2. The number of hydrogen-bond acceptors (Lipinski definition) is 7. The van der Waals surface area contributed by atoms with Gasteiger partial charge in [-0.15, -0.1) is 0 Å². The maximum atomic E-state index is 15.2. The Morgan fingerprint density at radius 3 is 1.98 bits per heavy atom. The van der Waals surface area contributed by atoms with Crippen molar-refractivity contribution >= 4 is 34.6 Å². The number of nitrogens with zero attached hydrogens (tertiary/aromatic N) is 1. The van der Waals surface area contributed by atoms with E-state index < -0.39 is 35.0 Å². The van der Waals surface area contributed by atoms with E-state index in [1.165, 1.54) is 25.2 Å². The summed E-state index contributed by atoms with van der Waals surface area (Å²) < 4.78 is 11.2. The van der Waals surface area contributed by atoms with Crippen LogP contribution in [-0.2, 0) is 24.6 Å². The lowest BCUT2D eigenvalue weighted by Crippen LogP contribution is -2.58. The molecule has 250 valence electrons. The minimum atomic E-state index is -1.41. The number of anilines is 1. The molecule has 3 aliphatic carbocycles. The van der Waals surface area contributed by atoms with Gasteiger partial charge < -0.3 is 14.6 Å².